The fourth-order valence-electron chi connectivity index (χ4n) is 1.03. The van der Waals surface area contributed by atoms with Crippen molar-refractivity contribution in [2.45, 2.75) is 41.5 Å². The molecule has 0 aromatic heterocycles. The third kappa shape index (κ3) is 11.2. The van der Waals surface area contributed by atoms with Gasteiger partial charge in [0.15, 0.2) is 0 Å². The van der Waals surface area contributed by atoms with Crippen LogP contribution >= 0.6 is 0 Å². The van der Waals surface area contributed by atoms with Gasteiger partial charge in [-0.3, -0.25) is 0 Å². The smallest absolute Gasteiger partial charge is 0.0336 e. The third-order valence-corrected chi connectivity index (χ3v) is 1.62. The van der Waals surface area contributed by atoms with Crippen LogP contribution < -0.4 is 10.6 Å². The van der Waals surface area contributed by atoms with Gasteiger partial charge in [-0.2, -0.15) is 0 Å². The molecule has 0 rings (SSSR count). The van der Waals surface area contributed by atoms with Crippen LogP contribution in [0.5, 0.6) is 0 Å². The molecule has 15 heavy (non-hydrogen) atoms. The Morgan fingerprint density at radius 2 is 1.40 bits per heavy atom. The topological polar surface area (TPSA) is 24.1 Å². The highest BCUT2D eigenvalue weighted by Crippen LogP contribution is 2.03. The van der Waals surface area contributed by atoms with Crippen molar-refractivity contribution in [3.63, 3.8) is 0 Å². The van der Waals surface area contributed by atoms with Gasteiger partial charge in [0, 0.05) is 19.3 Å². The minimum atomic E-state index is 0.914. The fourth-order valence-corrected chi connectivity index (χ4v) is 1.03. The molecule has 0 aliphatic rings. The second kappa shape index (κ2) is 18.9. The standard InChI is InChI=1S/C9H18N2.2C2H6/c1-5-8(7-10-3)9(6-2)11-4;2*1-2/h5-6,10-11H,7H2,1-4H3;2*1-2H3/b8-5-,9-6+;;. The molecular formula is C13H30N2. The summed E-state index contributed by atoms with van der Waals surface area (Å²) in [4.78, 5) is 0. The van der Waals surface area contributed by atoms with Crippen LogP contribution in [-0.4, -0.2) is 20.6 Å². The summed E-state index contributed by atoms with van der Waals surface area (Å²) in [7, 11) is 3.89. The van der Waals surface area contributed by atoms with Crippen molar-refractivity contribution >= 4 is 0 Å². The Kier molecular flexibility index (Phi) is 24.9. The summed E-state index contributed by atoms with van der Waals surface area (Å²) < 4.78 is 0. The number of hydrogen-bond acceptors (Lipinski definition) is 2. The van der Waals surface area contributed by atoms with Crippen LogP contribution in [0.3, 0.4) is 0 Å². The minimum absolute atomic E-state index is 0.914. The van der Waals surface area contributed by atoms with Gasteiger partial charge in [-0.25, -0.2) is 0 Å². The number of likely N-dealkylation sites (N-methyl/N-ethyl adjacent to an activating group) is 2. The molecule has 2 heteroatoms. The molecule has 0 aliphatic carbocycles. The minimum Gasteiger partial charge on any atom is -0.388 e. The predicted molar refractivity (Wildman–Crippen MR) is 73.2 cm³/mol. The maximum Gasteiger partial charge on any atom is 0.0336 e. The van der Waals surface area contributed by atoms with E-state index in [2.05, 4.69) is 22.8 Å². The van der Waals surface area contributed by atoms with Crippen LogP contribution in [0.15, 0.2) is 23.4 Å². The molecule has 0 heterocycles. The lowest BCUT2D eigenvalue weighted by Crippen LogP contribution is -2.17. The molecule has 0 amide bonds. The normalized spacial score (nSPS) is 10.7. The molecule has 0 saturated carbocycles. The lowest BCUT2D eigenvalue weighted by molar-refractivity contribution is 0.853. The molecule has 0 spiro atoms. The number of nitrogens with one attached hydrogen (secondary N) is 2. The second-order valence-corrected chi connectivity index (χ2v) is 2.30. The summed E-state index contributed by atoms with van der Waals surface area (Å²) in [5.74, 6) is 0. The molecule has 2 nitrogen and oxygen atoms in total. The lowest BCUT2D eigenvalue weighted by Gasteiger charge is -2.09. The van der Waals surface area contributed by atoms with Crippen LogP contribution in [-0.2, 0) is 0 Å². The van der Waals surface area contributed by atoms with Crippen molar-refractivity contribution in [2.24, 2.45) is 0 Å². The SMILES string of the molecule is C/C=C(CNC)\C(=C/C)NC.CC.CC. The van der Waals surface area contributed by atoms with Gasteiger partial charge in [0.05, 0.1) is 0 Å². The van der Waals surface area contributed by atoms with Crippen molar-refractivity contribution in [2.75, 3.05) is 20.6 Å². The predicted octanol–water partition coefficient (Wildman–Crippen LogP) is 3.33. The van der Waals surface area contributed by atoms with Gasteiger partial charge in [0.2, 0.25) is 0 Å². The van der Waals surface area contributed by atoms with E-state index in [-0.39, 0.29) is 0 Å². The molecule has 0 aromatic rings. The average Bonchev–Trinajstić information content (AvgIpc) is 2.34. The molecule has 92 valence electrons. The van der Waals surface area contributed by atoms with Crippen LogP contribution in [0.1, 0.15) is 41.5 Å². The molecule has 0 saturated heterocycles. The van der Waals surface area contributed by atoms with Gasteiger partial charge in [-0.1, -0.05) is 39.8 Å². The number of rotatable bonds is 4. The second-order valence-electron chi connectivity index (χ2n) is 2.30. The van der Waals surface area contributed by atoms with E-state index in [0.29, 0.717) is 0 Å². The van der Waals surface area contributed by atoms with E-state index in [0.717, 1.165) is 6.54 Å². The first kappa shape index (κ1) is 19.8. The molecule has 2 N–H and O–H groups in total. The fraction of sp³-hybridized carbons (Fsp3) is 0.692. The van der Waals surface area contributed by atoms with Gasteiger partial charge < -0.3 is 10.6 Å². The van der Waals surface area contributed by atoms with E-state index >= 15 is 0 Å². The zero-order valence-electron chi connectivity index (χ0n) is 11.9. The zero-order chi connectivity index (χ0) is 12.7. The van der Waals surface area contributed by atoms with Gasteiger partial charge in [0.25, 0.3) is 0 Å². The van der Waals surface area contributed by atoms with Gasteiger partial charge in [-0.05, 0) is 26.5 Å². The number of hydrogen-bond donors (Lipinski definition) is 2. The summed E-state index contributed by atoms with van der Waals surface area (Å²) in [6.07, 6.45) is 4.19. The molecule has 0 atom stereocenters. The van der Waals surface area contributed by atoms with Crippen molar-refractivity contribution < 1.29 is 0 Å². The quantitative estimate of drug-likeness (QED) is 0.702. The highest BCUT2D eigenvalue weighted by molar-refractivity contribution is 5.29. The summed E-state index contributed by atoms with van der Waals surface area (Å²) >= 11 is 0. The third-order valence-electron chi connectivity index (χ3n) is 1.62. The summed E-state index contributed by atoms with van der Waals surface area (Å²) in [5, 5.41) is 6.26. The van der Waals surface area contributed by atoms with Crippen LogP contribution in [0, 0.1) is 0 Å². The Labute approximate surface area is 96.9 Å². The van der Waals surface area contributed by atoms with E-state index in [9.17, 15) is 0 Å². The monoisotopic (exact) mass is 214 g/mol. The van der Waals surface area contributed by atoms with E-state index in [1.165, 1.54) is 11.3 Å². The molecule has 0 unspecified atom stereocenters. The van der Waals surface area contributed by atoms with Gasteiger partial charge >= 0.3 is 0 Å². The maximum absolute atomic E-state index is 3.14. The first-order valence-corrected chi connectivity index (χ1v) is 5.94. The largest absolute Gasteiger partial charge is 0.388 e. The highest BCUT2D eigenvalue weighted by Gasteiger charge is 1.97. The Bertz CT molecular complexity index is 158. The van der Waals surface area contributed by atoms with Crippen molar-refractivity contribution in [1.82, 2.24) is 10.6 Å². The Hall–Kier alpha value is -0.760. The van der Waals surface area contributed by atoms with Crippen LogP contribution in [0.25, 0.3) is 0 Å². The van der Waals surface area contributed by atoms with Crippen molar-refractivity contribution in [3.8, 4) is 0 Å². The molecule has 0 fully saturated rings. The summed E-state index contributed by atoms with van der Waals surface area (Å²) in [6.45, 7) is 13.0. The zero-order valence-corrected chi connectivity index (χ0v) is 11.9. The first-order valence-electron chi connectivity index (χ1n) is 5.94. The molecular weight excluding hydrogens is 184 g/mol. The van der Waals surface area contributed by atoms with Crippen LogP contribution in [0.2, 0.25) is 0 Å². The van der Waals surface area contributed by atoms with Crippen LogP contribution in [0.4, 0.5) is 0 Å². The van der Waals surface area contributed by atoms with E-state index in [1.807, 2.05) is 55.6 Å². The lowest BCUT2D eigenvalue weighted by atomic mass is 10.1. The van der Waals surface area contributed by atoms with E-state index in [1.54, 1.807) is 0 Å². The highest BCUT2D eigenvalue weighted by atomic mass is 14.9. The molecule has 0 radical (unpaired) electrons. The Balaban J connectivity index is -0.000000318. The Morgan fingerprint density at radius 1 is 0.933 bits per heavy atom. The molecule has 0 aromatic carbocycles. The first-order chi connectivity index (χ1) is 7.29. The maximum atomic E-state index is 3.14. The van der Waals surface area contributed by atoms with Crippen molar-refractivity contribution in [3.05, 3.63) is 23.4 Å². The van der Waals surface area contributed by atoms with Crippen molar-refractivity contribution in [1.29, 1.82) is 0 Å². The number of allylic oxidation sites excluding steroid dienone is 2. The molecule has 0 bridgehead atoms. The van der Waals surface area contributed by atoms with Gasteiger partial charge in [0.1, 0.15) is 0 Å². The summed E-state index contributed by atoms with van der Waals surface area (Å²) in [6, 6.07) is 0. The molecule has 0 aliphatic heterocycles. The summed E-state index contributed by atoms with van der Waals surface area (Å²) in [5.41, 5.74) is 2.50. The average molecular weight is 214 g/mol. The van der Waals surface area contributed by atoms with Gasteiger partial charge in [-0.15, -0.1) is 0 Å². The van der Waals surface area contributed by atoms with E-state index < -0.39 is 0 Å². The Morgan fingerprint density at radius 3 is 1.60 bits per heavy atom. The van der Waals surface area contributed by atoms with E-state index in [4.69, 9.17) is 0 Å².